The smallest absolute Gasteiger partial charge is 0.255 e. The molecule has 5 rings (SSSR count). The SMILES string of the molecule is CCc1nccn1-c1cccc(C2CCCN2C(=O)c2ccc(=O)n(CC(=O)NC3CCCC3)c2)n1. The van der Waals surface area contributed by atoms with Gasteiger partial charge in [-0.2, -0.15) is 0 Å². The highest BCUT2D eigenvalue weighted by molar-refractivity contribution is 5.94. The van der Waals surface area contributed by atoms with E-state index in [1.165, 1.54) is 16.8 Å². The first-order valence-electron chi connectivity index (χ1n) is 12.8. The number of carbonyl (C=O) groups is 2. The van der Waals surface area contributed by atoms with Gasteiger partial charge >= 0.3 is 0 Å². The van der Waals surface area contributed by atoms with E-state index in [2.05, 4.69) is 17.2 Å². The molecular formula is C27H32N6O3. The first-order chi connectivity index (χ1) is 17.5. The van der Waals surface area contributed by atoms with Crippen molar-refractivity contribution >= 4 is 11.8 Å². The average molecular weight is 489 g/mol. The van der Waals surface area contributed by atoms with Crippen LogP contribution in [0.15, 0.2) is 53.7 Å². The monoisotopic (exact) mass is 488 g/mol. The third kappa shape index (κ3) is 4.96. The highest BCUT2D eigenvalue weighted by Gasteiger charge is 2.32. The Morgan fingerprint density at radius 2 is 1.92 bits per heavy atom. The van der Waals surface area contributed by atoms with Crippen LogP contribution in [0.4, 0.5) is 0 Å². The highest BCUT2D eigenvalue weighted by atomic mass is 16.2. The zero-order valence-electron chi connectivity index (χ0n) is 20.6. The molecule has 0 bridgehead atoms. The Morgan fingerprint density at radius 3 is 2.72 bits per heavy atom. The molecule has 0 spiro atoms. The van der Waals surface area contributed by atoms with Gasteiger partial charge in [0.2, 0.25) is 5.91 Å². The maximum atomic E-state index is 13.5. The Labute approximate surface area is 210 Å². The molecule has 1 atom stereocenters. The number of hydrogen-bond acceptors (Lipinski definition) is 5. The van der Waals surface area contributed by atoms with Crippen LogP contribution < -0.4 is 10.9 Å². The van der Waals surface area contributed by atoms with E-state index < -0.39 is 0 Å². The Kier molecular flexibility index (Phi) is 6.97. The van der Waals surface area contributed by atoms with Crippen LogP contribution in [0.2, 0.25) is 0 Å². The molecule has 1 N–H and O–H groups in total. The standard InChI is InChI=1S/C27H32N6O3/c1-2-23-28-14-16-33(23)24-11-5-9-21(30-24)22-10-6-15-32(22)27(36)19-12-13-26(35)31(17-19)18-25(34)29-20-7-3-4-8-20/h5,9,11-14,16-17,20,22H,2-4,6-8,10,15,18H2,1H3,(H,29,34). The summed E-state index contributed by atoms with van der Waals surface area (Å²) < 4.78 is 3.30. The number of hydrogen-bond donors (Lipinski definition) is 1. The van der Waals surface area contributed by atoms with E-state index in [0.29, 0.717) is 12.1 Å². The van der Waals surface area contributed by atoms with Crippen LogP contribution in [-0.2, 0) is 17.8 Å². The van der Waals surface area contributed by atoms with E-state index in [1.807, 2.05) is 33.9 Å². The predicted molar refractivity (Wildman–Crippen MR) is 135 cm³/mol. The minimum Gasteiger partial charge on any atom is -0.352 e. The molecule has 0 aromatic carbocycles. The molecule has 9 nitrogen and oxygen atoms in total. The van der Waals surface area contributed by atoms with Gasteiger partial charge < -0.3 is 14.8 Å². The van der Waals surface area contributed by atoms with E-state index in [4.69, 9.17) is 4.98 Å². The Bertz CT molecular complexity index is 1310. The van der Waals surface area contributed by atoms with Gasteiger partial charge in [-0.15, -0.1) is 0 Å². The zero-order valence-corrected chi connectivity index (χ0v) is 20.6. The fraction of sp³-hybridized carbons (Fsp3) is 0.444. The quantitative estimate of drug-likeness (QED) is 0.551. The Hall–Kier alpha value is -3.75. The summed E-state index contributed by atoms with van der Waals surface area (Å²) >= 11 is 0. The van der Waals surface area contributed by atoms with Crippen molar-refractivity contribution in [2.24, 2.45) is 0 Å². The second-order valence-electron chi connectivity index (χ2n) is 9.58. The molecule has 1 unspecified atom stereocenters. The summed E-state index contributed by atoms with van der Waals surface area (Å²) in [6.07, 6.45) is 11.8. The molecule has 2 amide bonds. The summed E-state index contributed by atoms with van der Waals surface area (Å²) in [5, 5.41) is 3.00. The third-order valence-electron chi connectivity index (χ3n) is 7.16. The van der Waals surface area contributed by atoms with Gasteiger partial charge in [0.15, 0.2) is 0 Å². The minimum atomic E-state index is -0.299. The van der Waals surface area contributed by atoms with Gasteiger partial charge in [0, 0.05) is 43.7 Å². The largest absolute Gasteiger partial charge is 0.352 e. The Balaban J connectivity index is 1.34. The second-order valence-corrected chi connectivity index (χ2v) is 9.58. The van der Waals surface area contributed by atoms with Gasteiger partial charge in [0.1, 0.15) is 18.2 Å². The molecule has 3 aromatic rings. The number of nitrogens with zero attached hydrogens (tertiary/aromatic N) is 5. The fourth-order valence-corrected chi connectivity index (χ4v) is 5.33. The summed E-state index contributed by atoms with van der Waals surface area (Å²) in [6.45, 7) is 2.58. The van der Waals surface area contributed by atoms with Crippen LogP contribution in [0.5, 0.6) is 0 Å². The molecule has 36 heavy (non-hydrogen) atoms. The fourth-order valence-electron chi connectivity index (χ4n) is 5.33. The molecular weight excluding hydrogens is 456 g/mol. The van der Waals surface area contributed by atoms with Crippen LogP contribution in [0.1, 0.15) is 73.4 Å². The van der Waals surface area contributed by atoms with Crippen molar-refractivity contribution < 1.29 is 9.59 Å². The second kappa shape index (κ2) is 10.5. The summed E-state index contributed by atoms with van der Waals surface area (Å²) in [5.41, 5.74) is 0.931. The maximum absolute atomic E-state index is 13.5. The maximum Gasteiger partial charge on any atom is 0.255 e. The molecule has 1 aliphatic heterocycles. The summed E-state index contributed by atoms with van der Waals surface area (Å²) in [5.74, 6) is 1.35. The van der Waals surface area contributed by atoms with Gasteiger partial charge in [0.05, 0.1) is 17.3 Å². The van der Waals surface area contributed by atoms with Crippen LogP contribution in [0.3, 0.4) is 0 Å². The lowest BCUT2D eigenvalue weighted by Crippen LogP contribution is -2.38. The number of amides is 2. The number of aryl methyl sites for hydroxylation is 1. The molecule has 4 heterocycles. The first kappa shape index (κ1) is 24.0. The molecule has 2 aliphatic rings. The lowest BCUT2D eigenvalue weighted by Gasteiger charge is -2.25. The molecule has 1 saturated heterocycles. The minimum absolute atomic E-state index is 0.0891. The number of nitrogens with one attached hydrogen (secondary N) is 1. The third-order valence-corrected chi connectivity index (χ3v) is 7.16. The number of pyridine rings is 2. The topological polar surface area (TPSA) is 102 Å². The molecule has 2 fully saturated rings. The van der Waals surface area contributed by atoms with Crippen LogP contribution in [0.25, 0.3) is 5.82 Å². The van der Waals surface area contributed by atoms with E-state index >= 15 is 0 Å². The van der Waals surface area contributed by atoms with Crippen molar-refractivity contribution in [2.45, 2.75) is 70.5 Å². The van der Waals surface area contributed by atoms with E-state index in [1.54, 1.807) is 12.3 Å². The molecule has 0 radical (unpaired) electrons. The van der Waals surface area contributed by atoms with E-state index in [-0.39, 0.29) is 36.0 Å². The molecule has 188 valence electrons. The number of aromatic nitrogens is 4. The lowest BCUT2D eigenvalue weighted by molar-refractivity contribution is -0.122. The number of likely N-dealkylation sites (tertiary alicyclic amines) is 1. The van der Waals surface area contributed by atoms with Crippen LogP contribution in [-0.4, -0.2) is 48.4 Å². The number of carbonyl (C=O) groups excluding carboxylic acids is 2. The van der Waals surface area contributed by atoms with E-state index in [9.17, 15) is 14.4 Å². The van der Waals surface area contributed by atoms with Gasteiger partial charge in [-0.25, -0.2) is 9.97 Å². The van der Waals surface area contributed by atoms with Gasteiger partial charge in [-0.1, -0.05) is 25.8 Å². The van der Waals surface area contributed by atoms with Crippen LogP contribution in [0, 0.1) is 0 Å². The van der Waals surface area contributed by atoms with Crippen molar-refractivity contribution in [1.29, 1.82) is 0 Å². The number of rotatable bonds is 7. The summed E-state index contributed by atoms with van der Waals surface area (Å²) in [6, 6.07) is 8.80. The first-order valence-corrected chi connectivity index (χ1v) is 12.8. The Morgan fingerprint density at radius 1 is 1.08 bits per heavy atom. The van der Waals surface area contributed by atoms with Gasteiger partial charge in [-0.05, 0) is 43.9 Å². The van der Waals surface area contributed by atoms with Crippen molar-refractivity contribution in [3.05, 3.63) is 76.4 Å². The lowest BCUT2D eigenvalue weighted by atomic mass is 10.1. The molecule has 1 saturated carbocycles. The highest BCUT2D eigenvalue weighted by Crippen LogP contribution is 2.32. The molecule has 3 aromatic heterocycles. The summed E-state index contributed by atoms with van der Waals surface area (Å²) in [4.78, 5) is 49.5. The van der Waals surface area contributed by atoms with E-state index in [0.717, 1.165) is 62.3 Å². The van der Waals surface area contributed by atoms with Gasteiger partial charge in [0.25, 0.3) is 11.5 Å². The predicted octanol–water partition coefficient (Wildman–Crippen LogP) is 3.03. The van der Waals surface area contributed by atoms with Crippen LogP contribution >= 0.6 is 0 Å². The average Bonchev–Trinajstić information content (AvgIpc) is 3.66. The number of imidazole rings is 1. The molecule has 9 heteroatoms. The van der Waals surface area contributed by atoms with Crippen molar-refractivity contribution in [1.82, 2.24) is 29.3 Å². The van der Waals surface area contributed by atoms with Crippen molar-refractivity contribution in [3.8, 4) is 5.82 Å². The normalized spacial score (nSPS) is 18.0. The molecule has 1 aliphatic carbocycles. The van der Waals surface area contributed by atoms with Crippen molar-refractivity contribution in [2.75, 3.05) is 6.54 Å². The summed E-state index contributed by atoms with van der Waals surface area (Å²) in [7, 11) is 0. The zero-order chi connectivity index (χ0) is 25.1. The van der Waals surface area contributed by atoms with Crippen molar-refractivity contribution in [3.63, 3.8) is 0 Å². The van der Waals surface area contributed by atoms with Gasteiger partial charge in [-0.3, -0.25) is 19.0 Å².